The predicted octanol–water partition coefficient (Wildman–Crippen LogP) is 3.31. The Hall–Kier alpha value is 0.780. The van der Waals surface area contributed by atoms with Gasteiger partial charge in [-0.15, -0.1) is 0 Å². The number of ketones is 1. The minimum atomic E-state index is -0.201. The van der Waals surface area contributed by atoms with E-state index in [0.29, 0.717) is 12.3 Å². The van der Waals surface area contributed by atoms with Gasteiger partial charge in [-0.2, -0.15) is 0 Å². The fourth-order valence-corrected chi connectivity index (χ4v) is 5.17. The maximum Gasteiger partial charge on any atom is 0.149 e. The van der Waals surface area contributed by atoms with E-state index in [4.69, 9.17) is 0 Å². The Labute approximate surface area is 115 Å². The van der Waals surface area contributed by atoms with E-state index in [1.165, 1.54) is 0 Å². The lowest BCUT2D eigenvalue weighted by atomic mass is 9.79. The number of carbonyl (C=O) groups is 1. The van der Waals surface area contributed by atoms with E-state index in [2.05, 4.69) is 52.8 Å². The lowest BCUT2D eigenvalue weighted by Crippen LogP contribution is -2.38. The average molecular weight is 402 g/mol. The predicted molar refractivity (Wildman–Crippen MR) is 72.5 cm³/mol. The molecule has 84 valence electrons. The van der Waals surface area contributed by atoms with Crippen molar-refractivity contribution in [3.8, 4) is 0 Å². The quantitative estimate of drug-likeness (QED) is 0.653. The number of rotatable bonds is 2. The smallest absolute Gasteiger partial charge is 0.149 e. The fraction of sp³-hybridized carbons (Fsp3) is 0.800. The Morgan fingerprint density at radius 2 is 1.93 bits per heavy atom. The van der Waals surface area contributed by atoms with Crippen LogP contribution in [-0.4, -0.2) is 27.6 Å². The molecule has 0 unspecified atom stereocenters. The largest absolute Gasteiger partial charge is 0.298 e. The zero-order valence-electron chi connectivity index (χ0n) is 8.23. The summed E-state index contributed by atoms with van der Waals surface area (Å²) in [4.78, 5) is 16.8. The van der Waals surface area contributed by atoms with Gasteiger partial charge in [0.15, 0.2) is 0 Å². The average Bonchev–Trinajstić information content (AvgIpc) is 2.74. The summed E-state index contributed by atoms with van der Waals surface area (Å²) in [6.07, 6.45) is 2.74. The van der Waals surface area contributed by atoms with E-state index in [-0.39, 0.29) is 10.8 Å². The van der Waals surface area contributed by atoms with E-state index in [1.807, 2.05) is 0 Å². The van der Waals surface area contributed by atoms with Crippen LogP contribution in [0, 0.1) is 10.8 Å². The maximum atomic E-state index is 12.5. The Balaban J connectivity index is 2.25. The molecule has 15 heavy (non-hydrogen) atoms. The van der Waals surface area contributed by atoms with Crippen molar-refractivity contribution in [3.05, 3.63) is 0 Å². The van der Waals surface area contributed by atoms with E-state index < -0.39 is 0 Å². The van der Waals surface area contributed by atoms with Crippen LogP contribution in [0.2, 0.25) is 0 Å². The highest BCUT2D eigenvalue weighted by Crippen LogP contribution is 2.52. The number of hydrogen-bond donors (Lipinski definition) is 0. The second-order valence-corrected chi connectivity index (χ2v) is 6.56. The first kappa shape index (κ1) is 12.2. The summed E-state index contributed by atoms with van der Waals surface area (Å²) < 4.78 is 0.954. The zero-order valence-corrected chi connectivity index (χ0v) is 13.0. The van der Waals surface area contributed by atoms with Crippen LogP contribution in [0.5, 0.6) is 0 Å². The summed E-state index contributed by atoms with van der Waals surface area (Å²) in [6.45, 7) is 0.675. The van der Waals surface area contributed by atoms with E-state index in [1.54, 1.807) is 0 Å². The highest BCUT2D eigenvalue weighted by atomic mass is 79.9. The summed E-state index contributed by atoms with van der Waals surface area (Å²) >= 11 is 10.4. The molecular weight excluding hydrogens is 390 g/mol. The molecule has 1 saturated carbocycles. The molecule has 1 aliphatic carbocycles. The van der Waals surface area contributed by atoms with Gasteiger partial charge in [0.1, 0.15) is 5.78 Å². The topological polar surface area (TPSA) is 29.4 Å². The van der Waals surface area contributed by atoms with Gasteiger partial charge in [0, 0.05) is 22.5 Å². The molecule has 1 atom stereocenters. The molecule has 1 aliphatic heterocycles. The number of Topliss-reactive ketones (excluding diaryl/α,β-unsaturated/α-hetero) is 1. The van der Waals surface area contributed by atoms with Crippen LogP contribution in [-0.2, 0) is 4.79 Å². The third kappa shape index (κ3) is 1.78. The molecule has 1 spiro atoms. The third-order valence-corrected chi connectivity index (χ3v) is 6.27. The summed E-state index contributed by atoms with van der Waals surface area (Å²) in [6, 6.07) is 0. The van der Waals surface area contributed by atoms with Gasteiger partial charge in [-0.25, -0.2) is 0 Å². The number of hydrogen-bond acceptors (Lipinski definition) is 2. The summed E-state index contributed by atoms with van der Waals surface area (Å²) in [5.41, 5.74) is -0.395. The molecule has 0 N–H and O–H groups in total. The van der Waals surface area contributed by atoms with Gasteiger partial charge in [0.2, 0.25) is 0 Å². The van der Waals surface area contributed by atoms with Crippen molar-refractivity contribution in [3.63, 3.8) is 0 Å². The first-order valence-corrected chi connectivity index (χ1v) is 7.98. The Kier molecular flexibility index (Phi) is 3.45. The van der Waals surface area contributed by atoms with E-state index in [0.717, 1.165) is 34.5 Å². The normalized spacial score (nSPS) is 33.8. The van der Waals surface area contributed by atoms with E-state index >= 15 is 0 Å². The van der Waals surface area contributed by atoms with Gasteiger partial charge in [-0.1, -0.05) is 31.9 Å². The van der Waals surface area contributed by atoms with Gasteiger partial charge in [-0.3, -0.25) is 9.79 Å². The Morgan fingerprint density at radius 3 is 2.33 bits per heavy atom. The van der Waals surface area contributed by atoms with Crippen molar-refractivity contribution in [2.24, 2.45) is 15.8 Å². The van der Waals surface area contributed by atoms with Crippen LogP contribution >= 0.6 is 47.8 Å². The van der Waals surface area contributed by atoms with Crippen LogP contribution in [0.4, 0.5) is 0 Å². The molecule has 2 rings (SSSR count). The molecule has 2 aliphatic rings. The van der Waals surface area contributed by atoms with Crippen LogP contribution in [0.15, 0.2) is 4.99 Å². The van der Waals surface area contributed by atoms with Gasteiger partial charge in [-0.05, 0) is 28.8 Å². The van der Waals surface area contributed by atoms with Gasteiger partial charge in [0.25, 0.3) is 0 Å². The molecule has 0 bridgehead atoms. The van der Waals surface area contributed by atoms with Crippen molar-refractivity contribution >= 4 is 58.2 Å². The van der Waals surface area contributed by atoms with Gasteiger partial charge < -0.3 is 0 Å². The van der Waals surface area contributed by atoms with Crippen LogP contribution in [0.25, 0.3) is 0 Å². The molecule has 2 nitrogen and oxygen atoms in total. The van der Waals surface area contributed by atoms with E-state index in [9.17, 15) is 4.79 Å². The second kappa shape index (κ2) is 4.22. The number of nitrogens with zero attached hydrogens (tertiary/aromatic N) is 1. The van der Waals surface area contributed by atoms with Crippen molar-refractivity contribution < 1.29 is 4.79 Å². The first-order chi connectivity index (χ1) is 7.08. The molecule has 0 aromatic heterocycles. The molecule has 5 heteroatoms. The first-order valence-electron chi connectivity index (χ1n) is 4.94. The van der Waals surface area contributed by atoms with Crippen molar-refractivity contribution in [2.45, 2.75) is 19.3 Å². The molecule has 1 heterocycles. The van der Waals surface area contributed by atoms with Crippen LogP contribution in [0.3, 0.4) is 0 Å². The van der Waals surface area contributed by atoms with Crippen LogP contribution in [0.1, 0.15) is 19.3 Å². The molecule has 0 saturated heterocycles. The lowest BCUT2D eigenvalue weighted by Gasteiger charge is -2.26. The highest BCUT2D eigenvalue weighted by Gasteiger charge is 2.56. The third-order valence-electron chi connectivity index (χ3n) is 3.59. The SMILES string of the molecule is O=C1C(CBr)(CBr)CC[C@]12CN=C(Br)C2. The zero-order chi connectivity index (χ0) is 11.1. The lowest BCUT2D eigenvalue weighted by molar-refractivity contribution is -0.130. The maximum absolute atomic E-state index is 12.5. The molecule has 0 aromatic rings. The molecule has 0 radical (unpaired) electrons. The molecule has 0 aromatic carbocycles. The number of halogens is 3. The van der Waals surface area contributed by atoms with Crippen molar-refractivity contribution in [1.29, 1.82) is 0 Å². The Bertz CT molecular complexity index is 325. The second-order valence-electron chi connectivity index (χ2n) is 4.53. The molecular formula is C10H12Br3NO. The summed E-state index contributed by atoms with van der Waals surface area (Å²) in [7, 11) is 0. The summed E-state index contributed by atoms with van der Waals surface area (Å²) in [5.74, 6) is 0.391. The number of alkyl halides is 2. The monoisotopic (exact) mass is 399 g/mol. The standard InChI is InChI=1S/C10H12Br3NO/c11-4-10(5-12)2-1-9(8(10)15)3-7(13)14-6-9/h1-6H2/t9-/m0/s1. The van der Waals surface area contributed by atoms with Crippen LogP contribution < -0.4 is 0 Å². The minimum absolute atomic E-state index is 0.194. The molecule has 1 fully saturated rings. The van der Waals surface area contributed by atoms with Crippen molar-refractivity contribution in [1.82, 2.24) is 0 Å². The summed E-state index contributed by atoms with van der Waals surface area (Å²) in [5, 5.41) is 1.51. The fourth-order valence-electron chi connectivity index (χ4n) is 2.51. The number of carbonyl (C=O) groups excluding carboxylic acids is 1. The Morgan fingerprint density at radius 1 is 1.27 bits per heavy atom. The molecule has 0 amide bonds. The number of aliphatic imine (C=N–C) groups is 1. The van der Waals surface area contributed by atoms with Gasteiger partial charge in [0.05, 0.1) is 16.6 Å². The minimum Gasteiger partial charge on any atom is -0.298 e. The van der Waals surface area contributed by atoms with Crippen molar-refractivity contribution in [2.75, 3.05) is 17.2 Å². The van der Waals surface area contributed by atoms with Gasteiger partial charge >= 0.3 is 0 Å². The highest BCUT2D eigenvalue weighted by molar-refractivity contribution is 9.18.